The van der Waals surface area contributed by atoms with Crippen LogP contribution in [0, 0.1) is 0 Å². The van der Waals surface area contributed by atoms with E-state index in [4.69, 9.17) is 4.74 Å². The van der Waals surface area contributed by atoms with Crippen molar-refractivity contribution in [2.75, 3.05) is 6.54 Å². The van der Waals surface area contributed by atoms with Gasteiger partial charge in [-0.3, -0.25) is 19.4 Å². The van der Waals surface area contributed by atoms with E-state index >= 15 is 0 Å². The highest BCUT2D eigenvalue weighted by Crippen LogP contribution is 2.38. The molecule has 208 valence electrons. The fourth-order valence-electron chi connectivity index (χ4n) is 4.61. The normalized spacial score (nSPS) is 14.0. The van der Waals surface area contributed by atoms with Gasteiger partial charge in [-0.15, -0.1) is 0 Å². The van der Waals surface area contributed by atoms with Crippen molar-refractivity contribution >= 4 is 5.91 Å². The highest BCUT2D eigenvalue weighted by atomic mass is 16.7. The number of hydrogen-bond acceptors (Lipinski definition) is 9. The molecule has 1 aliphatic rings. The van der Waals surface area contributed by atoms with Gasteiger partial charge >= 0.3 is 11.9 Å². The van der Waals surface area contributed by atoms with Gasteiger partial charge in [0, 0.05) is 30.1 Å². The lowest BCUT2D eigenvalue weighted by Gasteiger charge is -2.41. The van der Waals surface area contributed by atoms with Gasteiger partial charge in [-0.2, -0.15) is 5.10 Å². The number of amides is 1. The first-order valence-corrected chi connectivity index (χ1v) is 12.7. The number of carbonyl (C=O) groups is 1. The molecular weight excluding hydrogens is 516 g/mol. The first kappa shape index (κ1) is 27.4. The fraction of sp³-hybridized carbons (Fsp3) is 0.276. The van der Waals surface area contributed by atoms with E-state index in [1.807, 2.05) is 12.1 Å². The summed E-state index contributed by atoms with van der Waals surface area (Å²) in [4.78, 5) is 17.9. The minimum Gasteiger partial charge on any atom is -0.489 e. The molecule has 5 N–H and O–H groups in total. The van der Waals surface area contributed by atoms with Gasteiger partial charge in [0.25, 0.3) is 5.91 Å². The Hall–Kier alpha value is -4.13. The molecular formula is C29H30N4O7. The highest BCUT2D eigenvalue weighted by molar-refractivity contribution is 6.03. The standard InChI is InChI=1S/C29H30N4O7/c1-18(2)20-5-3-19(4-6-20)17-40-23-9-7-21(8-10-23)24-25(22-11-13-30-14-12-22)31-33-16-15-32(27(34)26(24)33)28(35,36)29(37,38)39/h3-14,18,35-39H,15-17H2,1-2H3. The van der Waals surface area contributed by atoms with Crippen molar-refractivity contribution in [2.45, 2.75) is 44.8 Å². The lowest BCUT2D eigenvalue weighted by molar-refractivity contribution is -0.478. The van der Waals surface area contributed by atoms with Gasteiger partial charge in [-0.05, 0) is 46.9 Å². The predicted molar refractivity (Wildman–Crippen MR) is 143 cm³/mol. The quantitative estimate of drug-likeness (QED) is 0.208. The Balaban J connectivity index is 1.48. The number of aromatic nitrogens is 3. The zero-order valence-electron chi connectivity index (χ0n) is 22.0. The predicted octanol–water partition coefficient (Wildman–Crippen LogP) is 2.04. The molecule has 0 unspecified atom stereocenters. The molecule has 1 amide bonds. The Morgan fingerprint density at radius 1 is 0.875 bits per heavy atom. The lowest BCUT2D eigenvalue weighted by Crippen LogP contribution is -2.68. The minimum atomic E-state index is -3.98. The molecule has 0 saturated carbocycles. The third-order valence-electron chi connectivity index (χ3n) is 6.91. The molecule has 0 aliphatic carbocycles. The number of hydrogen-bond donors (Lipinski definition) is 5. The van der Waals surface area contributed by atoms with Crippen molar-refractivity contribution < 1.29 is 35.1 Å². The van der Waals surface area contributed by atoms with E-state index in [2.05, 4.69) is 36.1 Å². The first-order valence-electron chi connectivity index (χ1n) is 12.7. The van der Waals surface area contributed by atoms with Crippen molar-refractivity contribution in [3.63, 3.8) is 0 Å². The topological polar surface area (TPSA) is 161 Å². The van der Waals surface area contributed by atoms with Crippen LogP contribution in [0.25, 0.3) is 22.4 Å². The van der Waals surface area contributed by atoms with Gasteiger partial charge < -0.3 is 30.3 Å². The van der Waals surface area contributed by atoms with Crippen LogP contribution in [-0.4, -0.2) is 69.5 Å². The second-order valence-corrected chi connectivity index (χ2v) is 9.97. The SMILES string of the molecule is CC(C)c1ccc(COc2ccc(-c3c(-c4ccncc4)nn4c3C(=O)N(C(O)(O)C(O)(O)O)CC4)cc2)cc1. The van der Waals surface area contributed by atoms with E-state index in [0.717, 1.165) is 5.56 Å². The van der Waals surface area contributed by atoms with E-state index in [1.165, 1.54) is 10.2 Å². The fourth-order valence-corrected chi connectivity index (χ4v) is 4.61. The average Bonchev–Trinajstić information content (AvgIpc) is 3.33. The average molecular weight is 547 g/mol. The van der Waals surface area contributed by atoms with Crippen molar-refractivity contribution in [3.8, 4) is 28.1 Å². The van der Waals surface area contributed by atoms with Gasteiger partial charge in [0.2, 0.25) is 0 Å². The summed E-state index contributed by atoms with van der Waals surface area (Å²) < 4.78 is 7.37. The highest BCUT2D eigenvalue weighted by Gasteiger charge is 2.55. The zero-order valence-corrected chi connectivity index (χ0v) is 22.0. The van der Waals surface area contributed by atoms with Crippen LogP contribution in [0.4, 0.5) is 0 Å². The molecule has 2 aromatic heterocycles. The van der Waals surface area contributed by atoms with Gasteiger partial charge in [0.1, 0.15) is 23.7 Å². The van der Waals surface area contributed by atoms with Crippen LogP contribution in [0.3, 0.4) is 0 Å². The summed E-state index contributed by atoms with van der Waals surface area (Å²) in [7, 11) is 0. The lowest BCUT2D eigenvalue weighted by atomic mass is 9.98. The second kappa shape index (κ2) is 10.5. The second-order valence-electron chi connectivity index (χ2n) is 9.97. The number of carbonyl (C=O) groups excluding carboxylic acids is 1. The number of rotatable bonds is 8. The summed E-state index contributed by atoms with van der Waals surface area (Å²) in [5, 5.41) is 53.6. The number of benzene rings is 2. The summed E-state index contributed by atoms with van der Waals surface area (Å²) in [6.45, 7) is 4.29. The number of fused-ring (bicyclic) bond motifs is 1. The van der Waals surface area contributed by atoms with E-state index in [9.17, 15) is 30.3 Å². The zero-order chi connectivity index (χ0) is 28.7. The Morgan fingerprint density at radius 3 is 2.12 bits per heavy atom. The van der Waals surface area contributed by atoms with Crippen LogP contribution in [-0.2, 0) is 13.2 Å². The summed E-state index contributed by atoms with van der Waals surface area (Å²) >= 11 is 0. The summed E-state index contributed by atoms with van der Waals surface area (Å²) in [5.74, 6) is -7.57. The third kappa shape index (κ3) is 5.08. The number of pyridine rings is 1. The van der Waals surface area contributed by atoms with E-state index in [1.54, 1.807) is 48.8 Å². The van der Waals surface area contributed by atoms with Crippen molar-refractivity contribution in [2.24, 2.45) is 0 Å². The van der Waals surface area contributed by atoms with Gasteiger partial charge in [-0.1, -0.05) is 50.2 Å². The first-order chi connectivity index (χ1) is 19.0. The molecule has 1 aliphatic heterocycles. The molecule has 5 rings (SSSR count). The molecule has 0 spiro atoms. The Bertz CT molecular complexity index is 1490. The van der Waals surface area contributed by atoms with Crippen molar-refractivity contribution in [1.82, 2.24) is 19.7 Å². The molecule has 0 saturated heterocycles. The largest absolute Gasteiger partial charge is 0.489 e. The molecule has 2 aromatic carbocycles. The molecule has 11 heteroatoms. The molecule has 3 heterocycles. The molecule has 40 heavy (non-hydrogen) atoms. The molecule has 0 atom stereocenters. The van der Waals surface area contributed by atoms with Crippen LogP contribution < -0.4 is 4.74 Å². The molecule has 0 fully saturated rings. The molecule has 0 bridgehead atoms. The van der Waals surface area contributed by atoms with E-state index < -0.39 is 17.8 Å². The molecule has 0 radical (unpaired) electrons. The Kier molecular flexibility index (Phi) is 7.17. The third-order valence-corrected chi connectivity index (χ3v) is 6.91. The van der Waals surface area contributed by atoms with Crippen molar-refractivity contribution in [3.05, 3.63) is 89.9 Å². The minimum absolute atomic E-state index is 0.00506. The van der Waals surface area contributed by atoms with Gasteiger partial charge in [0.15, 0.2) is 0 Å². The van der Waals surface area contributed by atoms with E-state index in [0.29, 0.717) is 45.6 Å². The van der Waals surface area contributed by atoms with Gasteiger partial charge in [0.05, 0.1) is 6.54 Å². The summed E-state index contributed by atoms with van der Waals surface area (Å²) in [6.07, 6.45) is 3.17. The summed E-state index contributed by atoms with van der Waals surface area (Å²) in [6, 6.07) is 18.7. The van der Waals surface area contributed by atoms with Crippen LogP contribution in [0.15, 0.2) is 73.1 Å². The maximum Gasteiger partial charge on any atom is 0.355 e. The Labute approximate surface area is 230 Å². The number of ether oxygens (including phenoxy) is 1. The maximum absolute atomic E-state index is 13.5. The maximum atomic E-state index is 13.5. The summed E-state index contributed by atoms with van der Waals surface area (Å²) in [5.41, 5.74) is 4.32. The molecule has 11 nitrogen and oxygen atoms in total. The van der Waals surface area contributed by atoms with Crippen LogP contribution >= 0.6 is 0 Å². The molecule has 4 aromatic rings. The number of aliphatic hydroxyl groups is 5. The van der Waals surface area contributed by atoms with Gasteiger partial charge in [-0.25, -0.2) is 0 Å². The van der Waals surface area contributed by atoms with Crippen LogP contribution in [0.5, 0.6) is 5.75 Å². The monoisotopic (exact) mass is 546 g/mol. The smallest absolute Gasteiger partial charge is 0.355 e. The van der Waals surface area contributed by atoms with Crippen LogP contribution in [0.2, 0.25) is 0 Å². The van der Waals surface area contributed by atoms with Crippen molar-refractivity contribution in [1.29, 1.82) is 0 Å². The number of nitrogens with zero attached hydrogens (tertiary/aromatic N) is 4. The Morgan fingerprint density at radius 2 is 1.52 bits per heavy atom. The van der Waals surface area contributed by atoms with E-state index in [-0.39, 0.29) is 18.8 Å². The van der Waals surface area contributed by atoms with Crippen LogP contribution in [0.1, 0.15) is 41.4 Å².